The molecule has 1 aromatic rings. The maximum Gasteiger partial charge on any atom is 0.299 e. The van der Waals surface area contributed by atoms with E-state index in [4.69, 9.17) is 0 Å². The molecule has 1 fully saturated rings. The predicted octanol–water partition coefficient (Wildman–Crippen LogP) is 2.59. The first kappa shape index (κ1) is 14.0. The molecule has 4 heteroatoms. The molecule has 1 aliphatic carbocycles. The van der Waals surface area contributed by atoms with Crippen LogP contribution in [0.4, 0.5) is 5.69 Å². The summed E-state index contributed by atoms with van der Waals surface area (Å²) < 4.78 is 0. The molecule has 1 aromatic carbocycles. The number of Topliss-reactive ketones (excluding diaryl/α,β-unsaturated/α-hetero) is 2. The fourth-order valence-corrected chi connectivity index (χ4v) is 3.36. The number of anilines is 1. The molecule has 0 radical (unpaired) electrons. The summed E-state index contributed by atoms with van der Waals surface area (Å²) in [6, 6.07) is 3.61. The number of ketones is 2. The van der Waals surface area contributed by atoms with Crippen molar-refractivity contribution in [3.63, 3.8) is 0 Å². The highest BCUT2D eigenvalue weighted by Crippen LogP contribution is 2.35. The maximum absolute atomic E-state index is 12.2. The Morgan fingerprint density at radius 2 is 1.95 bits per heavy atom. The minimum atomic E-state index is -0.454. The largest absolute Gasteiger partial charge is 0.304 e. The van der Waals surface area contributed by atoms with Crippen molar-refractivity contribution in [1.82, 2.24) is 0 Å². The molecule has 4 nitrogen and oxygen atoms in total. The standard InChI is InChI=1S/C17H19NO3/c1-10-6-7-13-15(11(10)2)18(17(21)16(13)20)9-8-12-4-3-5-14(12)19/h6-7,12H,3-5,8-9H2,1-2H3. The van der Waals surface area contributed by atoms with Crippen molar-refractivity contribution in [3.8, 4) is 0 Å². The van der Waals surface area contributed by atoms with Crippen molar-refractivity contribution in [2.24, 2.45) is 5.92 Å². The van der Waals surface area contributed by atoms with E-state index in [2.05, 4.69) is 0 Å². The maximum atomic E-state index is 12.2. The number of aryl methyl sites for hydroxylation is 1. The van der Waals surface area contributed by atoms with E-state index in [0.29, 0.717) is 30.7 Å². The first-order chi connectivity index (χ1) is 10.0. The molecule has 1 saturated carbocycles. The van der Waals surface area contributed by atoms with E-state index in [9.17, 15) is 14.4 Å². The fourth-order valence-electron chi connectivity index (χ4n) is 3.36. The lowest BCUT2D eigenvalue weighted by atomic mass is 10.0. The van der Waals surface area contributed by atoms with E-state index in [1.165, 1.54) is 0 Å². The van der Waals surface area contributed by atoms with E-state index >= 15 is 0 Å². The third-order valence-electron chi connectivity index (χ3n) is 4.79. The number of hydrogen-bond donors (Lipinski definition) is 0. The van der Waals surface area contributed by atoms with Crippen molar-refractivity contribution in [2.45, 2.75) is 39.5 Å². The van der Waals surface area contributed by atoms with Crippen LogP contribution in [0.1, 0.15) is 47.2 Å². The summed E-state index contributed by atoms with van der Waals surface area (Å²) >= 11 is 0. The highest BCUT2D eigenvalue weighted by Gasteiger charge is 2.37. The van der Waals surface area contributed by atoms with Crippen molar-refractivity contribution >= 4 is 23.2 Å². The van der Waals surface area contributed by atoms with Crippen molar-refractivity contribution in [3.05, 3.63) is 28.8 Å². The van der Waals surface area contributed by atoms with Gasteiger partial charge in [-0.15, -0.1) is 0 Å². The molecule has 1 amide bonds. The molecule has 0 spiro atoms. The van der Waals surface area contributed by atoms with Gasteiger partial charge in [0.15, 0.2) is 0 Å². The lowest BCUT2D eigenvalue weighted by molar-refractivity contribution is -0.121. The molecular formula is C17H19NO3. The molecule has 21 heavy (non-hydrogen) atoms. The van der Waals surface area contributed by atoms with Gasteiger partial charge < -0.3 is 4.90 Å². The molecule has 0 aromatic heterocycles. The van der Waals surface area contributed by atoms with E-state index in [0.717, 1.165) is 29.7 Å². The van der Waals surface area contributed by atoms with Crippen LogP contribution in [0.25, 0.3) is 0 Å². The molecule has 1 heterocycles. The Kier molecular flexibility index (Phi) is 3.40. The minimum absolute atomic E-state index is 0.0575. The van der Waals surface area contributed by atoms with Gasteiger partial charge in [0.05, 0.1) is 11.3 Å². The Balaban J connectivity index is 1.87. The molecule has 0 N–H and O–H groups in total. The zero-order valence-corrected chi connectivity index (χ0v) is 12.4. The Bertz CT molecular complexity index is 648. The predicted molar refractivity (Wildman–Crippen MR) is 79.6 cm³/mol. The van der Waals surface area contributed by atoms with Crippen LogP contribution < -0.4 is 4.90 Å². The molecule has 110 valence electrons. The summed E-state index contributed by atoms with van der Waals surface area (Å²) in [5, 5.41) is 0. The molecule has 1 aliphatic heterocycles. The number of carbonyl (C=O) groups is 3. The lowest BCUT2D eigenvalue weighted by Gasteiger charge is -2.20. The molecule has 3 rings (SSSR count). The second kappa shape index (κ2) is 5.10. The molecule has 1 unspecified atom stereocenters. The third kappa shape index (κ3) is 2.19. The number of hydrogen-bond acceptors (Lipinski definition) is 3. The zero-order valence-electron chi connectivity index (χ0n) is 12.4. The van der Waals surface area contributed by atoms with Gasteiger partial charge in [0, 0.05) is 18.9 Å². The van der Waals surface area contributed by atoms with Crippen molar-refractivity contribution < 1.29 is 14.4 Å². The summed E-state index contributed by atoms with van der Waals surface area (Å²) in [5.41, 5.74) is 3.29. The molecule has 0 saturated heterocycles. The van der Waals surface area contributed by atoms with Gasteiger partial charge in [-0.1, -0.05) is 6.07 Å². The smallest absolute Gasteiger partial charge is 0.299 e. The Morgan fingerprint density at radius 3 is 2.62 bits per heavy atom. The monoisotopic (exact) mass is 285 g/mol. The van der Waals surface area contributed by atoms with Gasteiger partial charge in [-0.2, -0.15) is 0 Å². The van der Waals surface area contributed by atoms with Crippen LogP contribution in [-0.4, -0.2) is 24.0 Å². The SMILES string of the molecule is Cc1ccc2c(c1C)N(CCC1CCCC1=O)C(=O)C2=O. The number of nitrogens with zero attached hydrogens (tertiary/aromatic N) is 1. The van der Waals surface area contributed by atoms with Gasteiger partial charge in [0.1, 0.15) is 5.78 Å². The van der Waals surface area contributed by atoms with Crippen LogP contribution in [0.5, 0.6) is 0 Å². The second-order valence-corrected chi connectivity index (χ2v) is 6.03. The number of carbonyl (C=O) groups excluding carboxylic acids is 3. The van der Waals surface area contributed by atoms with Crippen LogP contribution in [0.15, 0.2) is 12.1 Å². The van der Waals surface area contributed by atoms with E-state index in [-0.39, 0.29) is 5.92 Å². The first-order valence-electron chi connectivity index (χ1n) is 7.50. The van der Waals surface area contributed by atoms with Crippen molar-refractivity contribution in [2.75, 3.05) is 11.4 Å². The lowest BCUT2D eigenvalue weighted by Crippen LogP contribution is -2.32. The van der Waals surface area contributed by atoms with Gasteiger partial charge in [0.2, 0.25) is 0 Å². The Morgan fingerprint density at radius 1 is 1.19 bits per heavy atom. The number of benzene rings is 1. The van der Waals surface area contributed by atoms with E-state index < -0.39 is 11.7 Å². The Labute approximate surface area is 124 Å². The summed E-state index contributed by atoms with van der Waals surface area (Å²) in [6.07, 6.45) is 3.18. The van der Waals surface area contributed by atoms with Crippen molar-refractivity contribution in [1.29, 1.82) is 0 Å². The third-order valence-corrected chi connectivity index (χ3v) is 4.79. The Hall–Kier alpha value is -1.97. The zero-order chi connectivity index (χ0) is 15.1. The molecule has 2 aliphatic rings. The quantitative estimate of drug-likeness (QED) is 0.802. The van der Waals surface area contributed by atoms with Gasteiger partial charge >= 0.3 is 0 Å². The summed E-state index contributed by atoms with van der Waals surface area (Å²) in [7, 11) is 0. The van der Waals surface area contributed by atoms with E-state index in [1.54, 1.807) is 11.0 Å². The minimum Gasteiger partial charge on any atom is -0.304 e. The number of fused-ring (bicyclic) bond motifs is 1. The summed E-state index contributed by atoms with van der Waals surface area (Å²) in [4.78, 5) is 37.6. The number of rotatable bonds is 3. The molecule has 1 atom stereocenters. The van der Waals surface area contributed by atoms with Crippen LogP contribution in [0.3, 0.4) is 0 Å². The van der Waals surface area contributed by atoms with Crippen LogP contribution in [0.2, 0.25) is 0 Å². The first-order valence-corrected chi connectivity index (χ1v) is 7.50. The molecule has 0 bridgehead atoms. The van der Waals surface area contributed by atoms with Crippen LogP contribution >= 0.6 is 0 Å². The average molecular weight is 285 g/mol. The second-order valence-electron chi connectivity index (χ2n) is 6.03. The van der Waals surface area contributed by atoms with Gasteiger partial charge in [-0.25, -0.2) is 0 Å². The fraction of sp³-hybridized carbons (Fsp3) is 0.471. The summed E-state index contributed by atoms with van der Waals surface area (Å²) in [6.45, 7) is 4.37. The average Bonchev–Trinajstić information content (AvgIpc) is 2.97. The topological polar surface area (TPSA) is 54.5 Å². The molecular weight excluding hydrogens is 266 g/mol. The van der Waals surface area contributed by atoms with Gasteiger partial charge in [-0.05, 0) is 50.3 Å². The number of amides is 1. The highest BCUT2D eigenvalue weighted by atomic mass is 16.2. The summed E-state index contributed by atoms with van der Waals surface area (Å²) in [5.74, 6) is -0.522. The van der Waals surface area contributed by atoms with Crippen LogP contribution in [0, 0.1) is 19.8 Å². The van der Waals surface area contributed by atoms with Gasteiger partial charge in [0.25, 0.3) is 11.7 Å². The normalized spacial score (nSPS) is 21.3. The van der Waals surface area contributed by atoms with E-state index in [1.807, 2.05) is 19.9 Å². The van der Waals surface area contributed by atoms with Gasteiger partial charge in [-0.3, -0.25) is 14.4 Å². The van der Waals surface area contributed by atoms with Crippen LogP contribution in [-0.2, 0) is 9.59 Å². The highest BCUT2D eigenvalue weighted by molar-refractivity contribution is 6.52.